The Morgan fingerprint density at radius 3 is 2.93 bits per heavy atom. The number of carboxylic acid groups (broad SMARTS) is 1. The SMILES string of the molecule is C=C(C)COC1CN(C(=O)O)CCC1=O. The first-order valence-corrected chi connectivity index (χ1v) is 4.77. The highest BCUT2D eigenvalue weighted by molar-refractivity contribution is 5.85. The molecule has 5 nitrogen and oxygen atoms in total. The van der Waals surface area contributed by atoms with Crippen LogP contribution in [-0.2, 0) is 9.53 Å². The van der Waals surface area contributed by atoms with Gasteiger partial charge in [0.05, 0.1) is 13.2 Å². The van der Waals surface area contributed by atoms with Gasteiger partial charge in [-0.1, -0.05) is 12.2 Å². The van der Waals surface area contributed by atoms with Crippen LogP contribution in [0.2, 0.25) is 0 Å². The van der Waals surface area contributed by atoms with Crippen molar-refractivity contribution in [3.8, 4) is 0 Å². The molecule has 1 amide bonds. The minimum absolute atomic E-state index is 0.0336. The first-order valence-electron chi connectivity index (χ1n) is 4.77. The van der Waals surface area contributed by atoms with Gasteiger partial charge < -0.3 is 14.7 Å². The van der Waals surface area contributed by atoms with Crippen LogP contribution in [0.25, 0.3) is 0 Å². The van der Waals surface area contributed by atoms with Crippen LogP contribution in [0.5, 0.6) is 0 Å². The van der Waals surface area contributed by atoms with Crippen molar-refractivity contribution >= 4 is 11.9 Å². The fraction of sp³-hybridized carbons (Fsp3) is 0.600. The molecule has 0 spiro atoms. The number of Topliss-reactive ketones (excluding diaryl/α,β-unsaturated/α-hetero) is 1. The van der Waals surface area contributed by atoms with E-state index in [4.69, 9.17) is 9.84 Å². The maximum atomic E-state index is 11.4. The van der Waals surface area contributed by atoms with E-state index in [9.17, 15) is 9.59 Å². The second-order valence-electron chi connectivity index (χ2n) is 3.70. The van der Waals surface area contributed by atoms with Gasteiger partial charge in [0.1, 0.15) is 6.10 Å². The number of nitrogens with zero attached hydrogens (tertiary/aromatic N) is 1. The lowest BCUT2D eigenvalue weighted by Crippen LogP contribution is -2.47. The number of ether oxygens (including phenoxy) is 1. The number of rotatable bonds is 3. The quantitative estimate of drug-likeness (QED) is 0.707. The summed E-state index contributed by atoms with van der Waals surface area (Å²) in [5.74, 6) is -0.0336. The van der Waals surface area contributed by atoms with Crippen molar-refractivity contribution in [2.45, 2.75) is 19.4 Å². The lowest BCUT2D eigenvalue weighted by atomic mass is 10.1. The van der Waals surface area contributed by atoms with Crippen LogP contribution >= 0.6 is 0 Å². The van der Waals surface area contributed by atoms with Gasteiger partial charge in [0.2, 0.25) is 0 Å². The molecule has 84 valence electrons. The average molecular weight is 213 g/mol. The smallest absolute Gasteiger partial charge is 0.407 e. The van der Waals surface area contributed by atoms with Crippen molar-refractivity contribution in [2.24, 2.45) is 0 Å². The highest BCUT2D eigenvalue weighted by Gasteiger charge is 2.30. The molecule has 1 aliphatic rings. The zero-order valence-corrected chi connectivity index (χ0v) is 8.73. The van der Waals surface area contributed by atoms with E-state index < -0.39 is 12.2 Å². The van der Waals surface area contributed by atoms with Gasteiger partial charge in [0.25, 0.3) is 0 Å². The summed E-state index contributed by atoms with van der Waals surface area (Å²) >= 11 is 0. The predicted molar refractivity (Wildman–Crippen MR) is 53.8 cm³/mol. The van der Waals surface area contributed by atoms with E-state index in [1.807, 2.05) is 0 Å². The van der Waals surface area contributed by atoms with E-state index in [0.717, 1.165) is 5.57 Å². The molecule has 0 aromatic heterocycles. The van der Waals surface area contributed by atoms with Crippen LogP contribution in [0.15, 0.2) is 12.2 Å². The Hall–Kier alpha value is -1.36. The Bertz CT molecular complexity index is 287. The molecule has 0 aromatic carbocycles. The molecule has 0 saturated carbocycles. The molecule has 1 saturated heterocycles. The molecule has 1 atom stereocenters. The number of carbonyl (C=O) groups excluding carboxylic acids is 1. The first-order chi connectivity index (χ1) is 7.00. The van der Waals surface area contributed by atoms with E-state index in [2.05, 4.69) is 6.58 Å². The highest BCUT2D eigenvalue weighted by atomic mass is 16.5. The van der Waals surface area contributed by atoms with Crippen molar-refractivity contribution in [3.63, 3.8) is 0 Å². The molecule has 0 radical (unpaired) electrons. The third-order valence-corrected chi connectivity index (χ3v) is 2.17. The molecule has 0 aromatic rings. The van der Waals surface area contributed by atoms with Gasteiger partial charge in [-0.3, -0.25) is 4.79 Å². The van der Waals surface area contributed by atoms with E-state index in [1.165, 1.54) is 4.90 Å². The predicted octanol–water partition coefficient (Wildman–Crippen LogP) is 0.901. The highest BCUT2D eigenvalue weighted by Crippen LogP contribution is 2.10. The van der Waals surface area contributed by atoms with Gasteiger partial charge in [-0.2, -0.15) is 0 Å². The summed E-state index contributed by atoms with van der Waals surface area (Å²) in [5.41, 5.74) is 0.815. The molecule has 1 aliphatic heterocycles. The molecule has 1 heterocycles. The molecular formula is C10H15NO4. The van der Waals surface area contributed by atoms with Gasteiger partial charge in [0, 0.05) is 13.0 Å². The van der Waals surface area contributed by atoms with Crippen molar-refractivity contribution in [1.29, 1.82) is 0 Å². The topological polar surface area (TPSA) is 66.8 Å². The average Bonchev–Trinajstić information content (AvgIpc) is 2.16. The van der Waals surface area contributed by atoms with Gasteiger partial charge in [0.15, 0.2) is 5.78 Å². The van der Waals surface area contributed by atoms with E-state index in [-0.39, 0.29) is 25.3 Å². The summed E-state index contributed by atoms with van der Waals surface area (Å²) in [6.45, 7) is 6.13. The van der Waals surface area contributed by atoms with Crippen LogP contribution < -0.4 is 0 Å². The van der Waals surface area contributed by atoms with Crippen molar-refractivity contribution in [1.82, 2.24) is 4.90 Å². The zero-order chi connectivity index (χ0) is 11.4. The van der Waals surface area contributed by atoms with Crippen LogP contribution in [0, 0.1) is 0 Å². The maximum absolute atomic E-state index is 11.4. The van der Waals surface area contributed by atoms with Crippen LogP contribution in [-0.4, -0.2) is 47.7 Å². The summed E-state index contributed by atoms with van der Waals surface area (Å²) in [7, 11) is 0. The Labute approximate surface area is 88.3 Å². The van der Waals surface area contributed by atoms with E-state index >= 15 is 0 Å². The minimum atomic E-state index is -1.01. The zero-order valence-electron chi connectivity index (χ0n) is 8.73. The molecule has 0 aliphatic carbocycles. The minimum Gasteiger partial charge on any atom is -0.465 e. The largest absolute Gasteiger partial charge is 0.465 e. The summed E-state index contributed by atoms with van der Waals surface area (Å²) in [6.07, 6.45) is -1.41. The third kappa shape index (κ3) is 3.36. The molecule has 0 bridgehead atoms. The second kappa shape index (κ2) is 4.93. The number of hydrogen-bond acceptors (Lipinski definition) is 3. The number of carbonyl (C=O) groups is 2. The monoisotopic (exact) mass is 213 g/mol. The first kappa shape index (κ1) is 11.7. The van der Waals surface area contributed by atoms with Gasteiger partial charge in [-0.25, -0.2) is 4.79 Å². The number of piperidine rings is 1. The normalized spacial score (nSPS) is 21.5. The Morgan fingerprint density at radius 2 is 2.40 bits per heavy atom. The summed E-state index contributed by atoms with van der Waals surface area (Å²) in [6, 6.07) is 0. The molecule has 1 rings (SSSR count). The maximum Gasteiger partial charge on any atom is 0.407 e. The number of ketones is 1. The fourth-order valence-electron chi connectivity index (χ4n) is 1.36. The number of hydrogen-bond donors (Lipinski definition) is 1. The van der Waals surface area contributed by atoms with E-state index in [1.54, 1.807) is 6.92 Å². The van der Waals surface area contributed by atoms with Gasteiger partial charge in [-0.15, -0.1) is 0 Å². The van der Waals surface area contributed by atoms with Crippen LogP contribution in [0.3, 0.4) is 0 Å². The lowest BCUT2D eigenvalue weighted by molar-refractivity contribution is -0.134. The molecule has 1 N–H and O–H groups in total. The molecule has 1 fully saturated rings. The second-order valence-corrected chi connectivity index (χ2v) is 3.70. The summed E-state index contributed by atoms with van der Waals surface area (Å²) in [4.78, 5) is 23.3. The summed E-state index contributed by atoms with van der Waals surface area (Å²) in [5, 5.41) is 8.76. The van der Waals surface area contributed by atoms with Crippen LogP contribution in [0.1, 0.15) is 13.3 Å². The third-order valence-electron chi connectivity index (χ3n) is 2.17. The van der Waals surface area contributed by atoms with Crippen molar-refractivity contribution < 1.29 is 19.4 Å². The summed E-state index contributed by atoms with van der Waals surface area (Å²) < 4.78 is 5.28. The van der Waals surface area contributed by atoms with E-state index in [0.29, 0.717) is 6.61 Å². The van der Waals surface area contributed by atoms with Crippen molar-refractivity contribution in [3.05, 3.63) is 12.2 Å². The Kier molecular flexibility index (Phi) is 3.85. The molecule has 5 heteroatoms. The standard InChI is InChI=1S/C10H15NO4/c1-7(2)6-15-9-5-11(10(13)14)4-3-8(9)12/h9H,1,3-6H2,2H3,(H,13,14). The molecular weight excluding hydrogens is 198 g/mol. The number of likely N-dealkylation sites (tertiary alicyclic amines) is 1. The fourth-order valence-corrected chi connectivity index (χ4v) is 1.36. The lowest BCUT2D eigenvalue weighted by Gasteiger charge is -2.29. The molecule has 15 heavy (non-hydrogen) atoms. The number of amides is 1. The van der Waals surface area contributed by atoms with Gasteiger partial charge in [-0.05, 0) is 6.92 Å². The Balaban J connectivity index is 2.50. The van der Waals surface area contributed by atoms with Crippen LogP contribution in [0.4, 0.5) is 4.79 Å². The Morgan fingerprint density at radius 1 is 1.73 bits per heavy atom. The van der Waals surface area contributed by atoms with Gasteiger partial charge >= 0.3 is 6.09 Å². The molecule has 1 unspecified atom stereocenters. The van der Waals surface area contributed by atoms with Crippen molar-refractivity contribution in [2.75, 3.05) is 19.7 Å².